The number of primary sulfonamides is 1. The third-order valence-electron chi connectivity index (χ3n) is 4.51. The molecule has 4 N–H and O–H groups in total. The summed E-state index contributed by atoms with van der Waals surface area (Å²) in [7, 11) is -3.81. The minimum absolute atomic E-state index is 0.0635. The molecule has 0 bridgehead atoms. The summed E-state index contributed by atoms with van der Waals surface area (Å²) >= 11 is 0. The van der Waals surface area contributed by atoms with Crippen molar-refractivity contribution in [1.29, 1.82) is 0 Å². The molecule has 0 spiro atoms. The maximum Gasteiger partial charge on any atom is 0.275 e. The summed E-state index contributed by atoms with van der Waals surface area (Å²) < 4.78 is 36.1. The summed E-state index contributed by atoms with van der Waals surface area (Å²) in [6.45, 7) is 0. The van der Waals surface area contributed by atoms with Gasteiger partial charge in [0.25, 0.3) is 11.8 Å². The molecule has 10 heteroatoms. The van der Waals surface area contributed by atoms with Crippen molar-refractivity contribution in [3.05, 3.63) is 83.7 Å². The van der Waals surface area contributed by atoms with Gasteiger partial charge in [-0.1, -0.05) is 0 Å². The van der Waals surface area contributed by atoms with Crippen molar-refractivity contribution in [1.82, 2.24) is 0 Å². The van der Waals surface area contributed by atoms with Gasteiger partial charge in [0.1, 0.15) is 11.5 Å². The van der Waals surface area contributed by atoms with Gasteiger partial charge in [0, 0.05) is 16.8 Å². The van der Waals surface area contributed by atoms with E-state index in [0.29, 0.717) is 28.2 Å². The number of anilines is 2. The van der Waals surface area contributed by atoms with Crippen LogP contribution in [0.5, 0.6) is 0 Å². The van der Waals surface area contributed by atoms with Crippen LogP contribution >= 0.6 is 0 Å². The summed E-state index contributed by atoms with van der Waals surface area (Å²) in [5.74, 6) is -1.34. The predicted molar refractivity (Wildman–Crippen MR) is 113 cm³/mol. The van der Waals surface area contributed by atoms with E-state index in [2.05, 4.69) is 15.6 Å². The Hall–Kier alpha value is -3.89. The molecule has 2 amide bonds. The molecule has 8 nitrogen and oxygen atoms in total. The fourth-order valence-corrected chi connectivity index (χ4v) is 3.50. The van der Waals surface area contributed by atoms with Crippen molar-refractivity contribution in [3.8, 4) is 0 Å². The largest absolute Gasteiger partial charge is 0.322 e. The van der Waals surface area contributed by atoms with Crippen LogP contribution in [0, 0.1) is 5.82 Å². The van der Waals surface area contributed by atoms with Gasteiger partial charge in [-0.3, -0.25) is 9.59 Å². The molecule has 0 fully saturated rings. The van der Waals surface area contributed by atoms with Crippen LogP contribution in [-0.4, -0.2) is 25.9 Å². The summed E-state index contributed by atoms with van der Waals surface area (Å²) in [5.41, 5.74) is 2.06. The van der Waals surface area contributed by atoms with Crippen molar-refractivity contribution in [2.24, 2.45) is 10.1 Å². The minimum Gasteiger partial charge on any atom is -0.322 e. The quantitative estimate of drug-likeness (QED) is 0.578. The maximum absolute atomic E-state index is 13.5. The smallest absolute Gasteiger partial charge is 0.275 e. The van der Waals surface area contributed by atoms with Crippen LogP contribution in [0.15, 0.2) is 76.6 Å². The summed E-state index contributed by atoms with van der Waals surface area (Å²) in [5, 5.41) is 10.3. The lowest BCUT2D eigenvalue weighted by molar-refractivity contribution is -0.110. The Morgan fingerprint density at radius 3 is 2.32 bits per heavy atom. The highest BCUT2D eigenvalue weighted by molar-refractivity contribution is 7.89. The number of nitrogens with one attached hydrogen (secondary N) is 2. The van der Waals surface area contributed by atoms with E-state index in [-0.39, 0.29) is 10.6 Å². The molecule has 31 heavy (non-hydrogen) atoms. The van der Waals surface area contributed by atoms with Crippen molar-refractivity contribution >= 4 is 44.6 Å². The number of sulfonamides is 1. The Kier molecular flexibility index (Phi) is 5.09. The highest BCUT2D eigenvalue weighted by Crippen LogP contribution is 2.26. The van der Waals surface area contributed by atoms with E-state index >= 15 is 0 Å². The maximum atomic E-state index is 13.5. The monoisotopic (exact) mass is 438 g/mol. The van der Waals surface area contributed by atoms with Crippen LogP contribution in [0.2, 0.25) is 0 Å². The average molecular weight is 438 g/mol. The number of carbonyl (C=O) groups excluding carboxylic acids is 2. The minimum atomic E-state index is -3.81. The van der Waals surface area contributed by atoms with Gasteiger partial charge in [0.2, 0.25) is 10.0 Å². The second-order valence-electron chi connectivity index (χ2n) is 6.67. The number of rotatable bonds is 4. The van der Waals surface area contributed by atoms with Crippen molar-refractivity contribution < 1.29 is 22.4 Å². The first kappa shape index (κ1) is 20.4. The van der Waals surface area contributed by atoms with Gasteiger partial charge in [-0.05, 0) is 66.7 Å². The van der Waals surface area contributed by atoms with Gasteiger partial charge < -0.3 is 10.6 Å². The fraction of sp³-hybridized carbons (Fsp3) is 0. The molecule has 1 aliphatic rings. The Morgan fingerprint density at radius 2 is 1.68 bits per heavy atom. The van der Waals surface area contributed by atoms with Gasteiger partial charge in [-0.2, -0.15) is 0 Å². The lowest BCUT2D eigenvalue weighted by Crippen LogP contribution is -2.14. The summed E-state index contributed by atoms with van der Waals surface area (Å²) in [6, 6.07) is 15.5. The van der Waals surface area contributed by atoms with E-state index in [0.717, 1.165) is 0 Å². The van der Waals surface area contributed by atoms with Crippen LogP contribution in [0.25, 0.3) is 0 Å². The molecule has 3 aromatic carbocycles. The SMILES string of the molecule is NS(=O)(=O)c1ccc(NC(=O)c2ccc(N=C3C(=O)Nc4ccc(F)cc43)cc2)cc1. The second-order valence-corrected chi connectivity index (χ2v) is 8.24. The Balaban J connectivity index is 1.51. The first-order valence-corrected chi connectivity index (χ1v) is 10.5. The Labute approximate surface area is 176 Å². The van der Waals surface area contributed by atoms with E-state index in [9.17, 15) is 22.4 Å². The number of halogens is 1. The third kappa shape index (κ3) is 4.34. The number of nitrogens with two attached hydrogens (primary N) is 1. The van der Waals surface area contributed by atoms with Crippen molar-refractivity contribution in [2.75, 3.05) is 10.6 Å². The zero-order valence-corrected chi connectivity index (χ0v) is 16.6. The van der Waals surface area contributed by atoms with Gasteiger partial charge in [0.05, 0.1) is 16.3 Å². The molecule has 0 saturated carbocycles. The number of hydrogen-bond acceptors (Lipinski definition) is 5. The molecule has 0 saturated heterocycles. The molecule has 0 aromatic heterocycles. The van der Waals surface area contributed by atoms with Crippen LogP contribution in [-0.2, 0) is 14.8 Å². The molecule has 156 valence electrons. The lowest BCUT2D eigenvalue weighted by atomic mass is 10.1. The molecule has 0 aliphatic carbocycles. The topological polar surface area (TPSA) is 131 Å². The highest BCUT2D eigenvalue weighted by atomic mass is 32.2. The molecule has 0 unspecified atom stereocenters. The molecular formula is C21H15FN4O4S. The number of benzene rings is 3. The number of fused-ring (bicyclic) bond motifs is 1. The standard InChI is InChI=1S/C21H15FN4O4S/c22-13-3-10-18-17(11-13)19(21(28)26-18)24-14-4-1-12(2-5-14)20(27)25-15-6-8-16(9-7-15)31(23,29)30/h1-11H,(H,25,27)(H2,23,29,30)(H,24,26,28). The van der Waals surface area contributed by atoms with Crippen molar-refractivity contribution in [2.45, 2.75) is 4.90 Å². The first-order chi connectivity index (χ1) is 14.7. The molecule has 3 aromatic rings. The number of hydrogen-bond donors (Lipinski definition) is 3. The van der Waals surface area contributed by atoms with E-state index in [1.807, 2.05) is 0 Å². The van der Waals surface area contributed by atoms with Crippen LogP contribution in [0.1, 0.15) is 15.9 Å². The first-order valence-electron chi connectivity index (χ1n) is 8.95. The van der Waals surface area contributed by atoms with Crippen LogP contribution in [0.3, 0.4) is 0 Å². The molecule has 0 radical (unpaired) electrons. The number of aliphatic imine (C=N–C) groups is 1. The van der Waals surface area contributed by atoms with E-state index in [4.69, 9.17) is 5.14 Å². The Bertz CT molecular complexity index is 1330. The fourth-order valence-electron chi connectivity index (χ4n) is 2.98. The lowest BCUT2D eigenvalue weighted by Gasteiger charge is -2.06. The van der Waals surface area contributed by atoms with Gasteiger partial charge in [0.15, 0.2) is 0 Å². The summed E-state index contributed by atoms with van der Waals surface area (Å²) in [6.07, 6.45) is 0. The molecule has 0 atom stereocenters. The Morgan fingerprint density at radius 1 is 1.00 bits per heavy atom. The zero-order valence-electron chi connectivity index (χ0n) is 15.8. The number of nitrogens with zero attached hydrogens (tertiary/aromatic N) is 1. The molecule has 4 rings (SSSR count). The number of amides is 2. The van der Waals surface area contributed by atoms with Gasteiger partial charge in [-0.15, -0.1) is 0 Å². The van der Waals surface area contributed by atoms with Gasteiger partial charge in [-0.25, -0.2) is 22.9 Å². The van der Waals surface area contributed by atoms with Gasteiger partial charge >= 0.3 is 0 Å². The van der Waals surface area contributed by atoms with E-state index in [1.165, 1.54) is 54.6 Å². The van der Waals surface area contributed by atoms with E-state index < -0.39 is 27.7 Å². The summed E-state index contributed by atoms with van der Waals surface area (Å²) in [4.78, 5) is 28.8. The van der Waals surface area contributed by atoms with Crippen LogP contribution in [0.4, 0.5) is 21.5 Å². The number of carbonyl (C=O) groups is 2. The van der Waals surface area contributed by atoms with Crippen LogP contribution < -0.4 is 15.8 Å². The third-order valence-corrected chi connectivity index (χ3v) is 5.44. The molecular weight excluding hydrogens is 423 g/mol. The average Bonchev–Trinajstić information content (AvgIpc) is 3.03. The van der Waals surface area contributed by atoms with E-state index in [1.54, 1.807) is 12.1 Å². The highest BCUT2D eigenvalue weighted by Gasteiger charge is 2.26. The molecule has 1 aliphatic heterocycles. The second kappa shape index (κ2) is 7.74. The normalized spacial score (nSPS) is 14.3. The predicted octanol–water partition coefficient (Wildman–Crippen LogP) is 2.80. The molecule has 1 heterocycles. The zero-order chi connectivity index (χ0) is 22.2. The van der Waals surface area contributed by atoms with Crippen molar-refractivity contribution in [3.63, 3.8) is 0 Å².